The van der Waals surface area contributed by atoms with E-state index < -0.39 is 11.2 Å². The van der Waals surface area contributed by atoms with Crippen LogP contribution in [0, 0.1) is 0 Å². The van der Waals surface area contributed by atoms with Crippen LogP contribution in [0.25, 0.3) is 0 Å². The summed E-state index contributed by atoms with van der Waals surface area (Å²) in [5, 5.41) is 0. The van der Waals surface area contributed by atoms with Crippen LogP contribution in [0.15, 0.2) is 9.59 Å². The first-order valence-corrected chi connectivity index (χ1v) is 7.87. The predicted molar refractivity (Wildman–Crippen MR) is 86.8 cm³/mol. The summed E-state index contributed by atoms with van der Waals surface area (Å²) in [6, 6.07) is 0. The average Bonchev–Trinajstić information content (AvgIpc) is 2.41. The van der Waals surface area contributed by atoms with Crippen LogP contribution in [0.2, 0.25) is 0 Å². The van der Waals surface area contributed by atoms with E-state index in [0.29, 0.717) is 26.1 Å². The van der Waals surface area contributed by atoms with Gasteiger partial charge in [-0.25, -0.2) is 4.79 Å². The highest BCUT2D eigenvalue weighted by Gasteiger charge is 2.26. The molecule has 2 rings (SSSR count). The molecule has 8 heteroatoms. The first kappa shape index (κ1) is 17.4. The molecule has 2 atom stereocenters. The number of ketones is 1. The maximum Gasteiger partial charge on any atom is 0.329 e. The number of carbonyl (C=O) groups excluding carboxylic acids is 1. The highest BCUT2D eigenvalue weighted by molar-refractivity contribution is 6.01. The first-order chi connectivity index (χ1) is 10.8. The Morgan fingerprint density at radius 2 is 1.91 bits per heavy atom. The molecule has 1 aromatic heterocycles. The number of aromatic amines is 1. The van der Waals surface area contributed by atoms with Crippen LogP contribution in [0.4, 0.5) is 5.82 Å². The maximum absolute atomic E-state index is 12.5. The number of hydrogen-bond donors (Lipinski definition) is 2. The number of hydrogen-bond acceptors (Lipinski definition) is 6. The minimum atomic E-state index is -0.723. The smallest absolute Gasteiger partial charge is 0.329 e. The largest absolute Gasteiger partial charge is 0.384 e. The van der Waals surface area contributed by atoms with Crippen LogP contribution in [0.5, 0.6) is 0 Å². The van der Waals surface area contributed by atoms with Crippen LogP contribution in [0.3, 0.4) is 0 Å². The van der Waals surface area contributed by atoms with Crippen molar-refractivity contribution >= 4 is 11.6 Å². The van der Waals surface area contributed by atoms with Gasteiger partial charge in [-0.15, -0.1) is 0 Å². The molecule has 23 heavy (non-hydrogen) atoms. The van der Waals surface area contributed by atoms with Gasteiger partial charge in [0.15, 0.2) is 5.78 Å². The molecule has 1 aliphatic rings. The molecule has 0 bridgehead atoms. The fourth-order valence-corrected chi connectivity index (χ4v) is 3.00. The third-order valence-electron chi connectivity index (χ3n) is 3.83. The molecule has 3 N–H and O–H groups in total. The molecule has 0 aliphatic carbocycles. The summed E-state index contributed by atoms with van der Waals surface area (Å²) < 4.78 is 6.86. The Morgan fingerprint density at radius 3 is 2.48 bits per heavy atom. The van der Waals surface area contributed by atoms with Crippen molar-refractivity contribution in [2.75, 3.05) is 25.4 Å². The molecule has 0 radical (unpaired) electrons. The molecule has 0 aromatic carbocycles. The minimum absolute atomic E-state index is 0.0243. The SMILES string of the molecule is CCCn1c(N)c(C(=O)CN2C[C@@H](C)O[C@H](C)C2)c(=O)[nH]c1=O. The zero-order valence-electron chi connectivity index (χ0n) is 13.8. The summed E-state index contributed by atoms with van der Waals surface area (Å²) in [5.74, 6) is -0.435. The van der Waals surface area contributed by atoms with Crippen molar-refractivity contribution in [1.29, 1.82) is 0 Å². The number of rotatable bonds is 5. The fraction of sp³-hybridized carbons (Fsp3) is 0.667. The summed E-state index contributed by atoms with van der Waals surface area (Å²) in [5.41, 5.74) is 4.47. The van der Waals surface area contributed by atoms with Gasteiger partial charge in [-0.2, -0.15) is 0 Å². The molecule has 128 valence electrons. The molecule has 0 saturated carbocycles. The quantitative estimate of drug-likeness (QED) is 0.727. The van der Waals surface area contributed by atoms with Gasteiger partial charge in [-0.05, 0) is 20.3 Å². The molecule has 1 aliphatic heterocycles. The zero-order chi connectivity index (χ0) is 17.1. The molecule has 1 fully saturated rings. The summed E-state index contributed by atoms with van der Waals surface area (Å²) in [7, 11) is 0. The van der Waals surface area contributed by atoms with Crippen molar-refractivity contribution in [1.82, 2.24) is 14.5 Å². The van der Waals surface area contributed by atoms with Crippen molar-refractivity contribution in [3.05, 3.63) is 26.4 Å². The number of nitrogens with zero attached hydrogens (tertiary/aromatic N) is 2. The number of Topliss-reactive ketones (excluding diaryl/α,β-unsaturated/α-hetero) is 1. The van der Waals surface area contributed by atoms with Gasteiger partial charge >= 0.3 is 5.69 Å². The van der Waals surface area contributed by atoms with Crippen molar-refractivity contribution in [3.63, 3.8) is 0 Å². The highest BCUT2D eigenvalue weighted by atomic mass is 16.5. The van der Waals surface area contributed by atoms with Crippen LogP contribution < -0.4 is 17.0 Å². The van der Waals surface area contributed by atoms with Gasteiger partial charge in [0.05, 0.1) is 18.8 Å². The number of anilines is 1. The zero-order valence-corrected chi connectivity index (χ0v) is 13.8. The van der Waals surface area contributed by atoms with E-state index >= 15 is 0 Å². The second kappa shape index (κ2) is 7.10. The maximum atomic E-state index is 12.5. The second-order valence-corrected chi connectivity index (χ2v) is 6.05. The lowest BCUT2D eigenvalue weighted by Crippen LogP contribution is -2.48. The Kier molecular flexibility index (Phi) is 5.38. The number of H-pyrrole nitrogens is 1. The number of morpholine rings is 1. The van der Waals surface area contributed by atoms with Crippen LogP contribution >= 0.6 is 0 Å². The Bertz CT molecular complexity index is 684. The summed E-state index contributed by atoms with van der Waals surface area (Å²) in [6.07, 6.45) is 0.717. The van der Waals surface area contributed by atoms with Crippen LogP contribution in [-0.2, 0) is 11.3 Å². The lowest BCUT2D eigenvalue weighted by atomic mass is 10.1. The molecule has 1 saturated heterocycles. The molecule has 0 amide bonds. The van der Waals surface area contributed by atoms with E-state index in [1.165, 1.54) is 4.57 Å². The molecule has 2 heterocycles. The molecule has 0 spiro atoms. The number of nitrogens with two attached hydrogens (primary N) is 1. The van der Waals surface area contributed by atoms with E-state index in [-0.39, 0.29) is 35.9 Å². The Morgan fingerprint density at radius 1 is 1.30 bits per heavy atom. The number of nitrogens with one attached hydrogen (secondary N) is 1. The van der Waals surface area contributed by atoms with E-state index in [1.54, 1.807) is 0 Å². The lowest BCUT2D eigenvalue weighted by molar-refractivity contribution is -0.0652. The molecule has 1 aromatic rings. The van der Waals surface area contributed by atoms with E-state index in [2.05, 4.69) is 4.98 Å². The topological polar surface area (TPSA) is 110 Å². The van der Waals surface area contributed by atoms with E-state index in [9.17, 15) is 14.4 Å². The standard InChI is InChI=1S/C15H24N4O4/c1-4-5-19-13(16)12(14(21)17-15(19)22)11(20)8-18-6-9(2)23-10(3)7-18/h9-10H,4-8,16H2,1-3H3,(H,17,21,22)/t9-,10-/m1/s1. The average molecular weight is 324 g/mol. The number of aromatic nitrogens is 2. The molecular weight excluding hydrogens is 300 g/mol. The van der Waals surface area contributed by atoms with Crippen LogP contribution in [-0.4, -0.2) is 52.1 Å². The molecule has 8 nitrogen and oxygen atoms in total. The summed E-state index contributed by atoms with van der Waals surface area (Å²) >= 11 is 0. The Hall–Kier alpha value is -1.93. The number of nitrogen functional groups attached to an aromatic ring is 1. The van der Waals surface area contributed by atoms with E-state index in [1.807, 2.05) is 25.7 Å². The van der Waals surface area contributed by atoms with Gasteiger partial charge in [-0.1, -0.05) is 6.92 Å². The molecular formula is C15H24N4O4. The van der Waals surface area contributed by atoms with Gasteiger partial charge in [-0.3, -0.25) is 24.0 Å². The van der Waals surface area contributed by atoms with E-state index in [4.69, 9.17) is 10.5 Å². The normalized spacial score (nSPS) is 22.2. The van der Waals surface area contributed by atoms with Gasteiger partial charge in [0, 0.05) is 19.6 Å². The van der Waals surface area contributed by atoms with Crippen LogP contribution in [0.1, 0.15) is 37.6 Å². The van der Waals surface area contributed by atoms with Crippen molar-refractivity contribution in [2.45, 2.75) is 45.9 Å². The van der Waals surface area contributed by atoms with Gasteiger partial charge in [0.2, 0.25) is 0 Å². The van der Waals surface area contributed by atoms with E-state index in [0.717, 1.165) is 0 Å². The lowest BCUT2D eigenvalue weighted by Gasteiger charge is -2.34. The first-order valence-electron chi connectivity index (χ1n) is 7.87. The van der Waals surface area contributed by atoms with Crippen molar-refractivity contribution in [2.24, 2.45) is 0 Å². The van der Waals surface area contributed by atoms with Gasteiger partial charge < -0.3 is 10.5 Å². The summed E-state index contributed by atoms with van der Waals surface area (Å²) in [4.78, 5) is 40.5. The third-order valence-corrected chi connectivity index (χ3v) is 3.83. The minimum Gasteiger partial charge on any atom is -0.384 e. The van der Waals surface area contributed by atoms with Gasteiger partial charge in [0.25, 0.3) is 5.56 Å². The Labute approximate surface area is 134 Å². The third kappa shape index (κ3) is 3.89. The summed E-state index contributed by atoms with van der Waals surface area (Å²) in [6.45, 7) is 7.43. The monoisotopic (exact) mass is 324 g/mol. The van der Waals surface area contributed by atoms with Crippen molar-refractivity contribution < 1.29 is 9.53 Å². The van der Waals surface area contributed by atoms with Gasteiger partial charge in [0.1, 0.15) is 11.4 Å². The van der Waals surface area contributed by atoms with Crippen molar-refractivity contribution in [3.8, 4) is 0 Å². The fourth-order valence-electron chi connectivity index (χ4n) is 3.00. The Balaban J connectivity index is 2.27. The predicted octanol–water partition coefficient (Wildman–Crippen LogP) is -0.179. The molecule has 0 unspecified atom stereocenters. The number of ether oxygens (including phenoxy) is 1. The highest BCUT2D eigenvalue weighted by Crippen LogP contribution is 2.12. The number of carbonyl (C=O) groups is 1. The second-order valence-electron chi connectivity index (χ2n) is 6.05.